The third kappa shape index (κ3) is 2.90. The number of nitrogens with one attached hydrogen (secondary N) is 1. The van der Waals surface area contributed by atoms with Gasteiger partial charge in [0.15, 0.2) is 0 Å². The van der Waals surface area contributed by atoms with Crippen molar-refractivity contribution >= 4 is 16.9 Å². The van der Waals surface area contributed by atoms with E-state index in [9.17, 15) is 4.79 Å². The number of carbonyl (C=O) groups excluding carboxylic acids is 1. The van der Waals surface area contributed by atoms with Crippen LogP contribution in [0.4, 0.5) is 4.79 Å². The van der Waals surface area contributed by atoms with Crippen LogP contribution in [-0.2, 0) is 11.8 Å². The Morgan fingerprint density at radius 3 is 2.65 bits per heavy atom. The van der Waals surface area contributed by atoms with E-state index < -0.39 is 0 Å². The Morgan fingerprint density at radius 2 is 1.96 bits per heavy atom. The fourth-order valence-corrected chi connectivity index (χ4v) is 4.08. The Morgan fingerprint density at radius 1 is 1.15 bits per heavy atom. The first-order chi connectivity index (χ1) is 12.6. The summed E-state index contributed by atoms with van der Waals surface area (Å²) in [5.74, 6) is 0. The molecule has 1 saturated heterocycles. The summed E-state index contributed by atoms with van der Waals surface area (Å²) in [4.78, 5) is 13.9. The van der Waals surface area contributed by atoms with Crippen molar-refractivity contribution < 1.29 is 4.79 Å². The zero-order chi connectivity index (χ0) is 18.1. The van der Waals surface area contributed by atoms with Crippen molar-refractivity contribution in [3.05, 3.63) is 71.9 Å². The summed E-state index contributed by atoms with van der Waals surface area (Å²) in [5.41, 5.74) is 3.81. The van der Waals surface area contributed by atoms with Crippen molar-refractivity contribution in [1.29, 1.82) is 0 Å². The van der Waals surface area contributed by atoms with Crippen LogP contribution in [0.5, 0.6) is 0 Å². The van der Waals surface area contributed by atoms with Crippen molar-refractivity contribution in [2.24, 2.45) is 0 Å². The highest BCUT2D eigenvalue weighted by molar-refractivity contribution is 5.91. The molecule has 4 heteroatoms. The largest absolute Gasteiger partial charge is 0.330 e. The van der Waals surface area contributed by atoms with Crippen LogP contribution < -0.4 is 5.32 Å². The predicted octanol–water partition coefficient (Wildman–Crippen LogP) is 3.64. The van der Waals surface area contributed by atoms with Gasteiger partial charge in [0.25, 0.3) is 0 Å². The van der Waals surface area contributed by atoms with Crippen LogP contribution in [0.25, 0.3) is 10.9 Å². The second kappa shape index (κ2) is 6.61. The summed E-state index contributed by atoms with van der Waals surface area (Å²) in [5, 5.41) is 4.67. The van der Waals surface area contributed by atoms with E-state index in [1.807, 2.05) is 12.3 Å². The highest BCUT2D eigenvalue weighted by Gasteiger charge is 2.36. The van der Waals surface area contributed by atoms with E-state index in [1.165, 1.54) is 11.1 Å². The van der Waals surface area contributed by atoms with Crippen molar-refractivity contribution in [2.75, 3.05) is 27.2 Å². The molecule has 3 aromatic rings. The van der Waals surface area contributed by atoms with E-state index in [4.69, 9.17) is 0 Å². The first-order valence-electron chi connectivity index (χ1n) is 9.17. The molecule has 1 aromatic heterocycles. The molecule has 1 atom stereocenters. The molecule has 0 spiro atoms. The molecule has 0 bridgehead atoms. The van der Waals surface area contributed by atoms with E-state index in [-0.39, 0.29) is 11.4 Å². The number of benzene rings is 2. The van der Waals surface area contributed by atoms with Crippen LogP contribution in [0.15, 0.2) is 60.8 Å². The Hall–Kier alpha value is -2.59. The Balaban J connectivity index is 1.73. The van der Waals surface area contributed by atoms with Gasteiger partial charge in [-0.05, 0) is 48.7 Å². The number of aromatic nitrogens is 1. The molecule has 1 aliphatic heterocycles. The van der Waals surface area contributed by atoms with Crippen molar-refractivity contribution in [3.8, 4) is 0 Å². The molecule has 0 radical (unpaired) electrons. The molecule has 1 aliphatic rings. The predicted molar refractivity (Wildman–Crippen MR) is 106 cm³/mol. The van der Waals surface area contributed by atoms with Gasteiger partial charge in [-0.3, -0.25) is 4.57 Å². The first kappa shape index (κ1) is 16.9. The van der Waals surface area contributed by atoms with Crippen LogP contribution in [0.1, 0.15) is 17.5 Å². The zero-order valence-electron chi connectivity index (χ0n) is 15.4. The molecule has 1 amide bonds. The topological polar surface area (TPSA) is 37.3 Å². The zero-order valence-corrected chi connectivity index (χ0v) is 15.4. The van der Waals surface area contributed by atoms with Gasteiger partial charge in [0.2, 0.25) is 0 Å². The number of amides is 1. The van der Waals surface area contributed by atoms with Crippen LogP contribution >= 0.6 is 0 Å². The van der Waals surface area contributed by atoms with Crippen molar-refractivity contribution in [3.63, 3.8) is 0 Å². The van der Waals surface area contributed by atoms with E-state index in [2.05, 4.69) is 53.8 Å². The lowest BCUT2D eigenvalue weighted by Gasteiger charge is -2.29. The molecule has 1 N–H and O–H groups in total. The third-order valence-corrected chi connectivity index (χ3v) is 5.52. The Kier molecular flexibility index (Phi) is 4.29. The number of nitrogens with zero attached hydrogens (tertiary/aromatic N) is 2. The molecule has 2 heterocycles. The van der Waals surface area contributed by atoms with Crippen LogP contribution in [0, 0.1) is 0 Å². The van der Waals surface area contributed by atoms with Gasteiger partial charge in [0.05, 0.1) is 5.52 Å². The molecule has 4 nitrogen and oxygen atoms in total. The minimum atomic E-state index is -0.0192. The monoisotopic (exact) mass is 347 g/mol. The van der Waals surface area contributed by atoms with Gasteiger partial charge in [-0.15, -0.1) is 0 Å². The van der Waals surface area contributed by atoms with Crippen LogP contribution in [0.3, 0.4) is 0 Å². The van der Waals surface area contributed by atoms with Gasteiger partial charge in [0.1, 0.15) is 0 Å². The Labute approximate surface area is 154 Å². The molecule has 4 rings (SSSR count). The quantitative estimate of drug-likeness (QED) is 0.785. The van der Waals surface area contributed by atoms with E-state index >= 15 is 0 Å². The van der Waals surface area contributed by atoms with Gasteiger partial charge in [-0.25, -0.2) is 4.79 Å². The van der Waals surface area contributed by atoms with Gasteiger partial charge >= 0.3 is 6.03 Å². The minimum Gasteiger partial charge on any atom is -0.330 e. The van der Waals surface area contributed by atoms with Gasteiger partial charge in [-0.1, -0.05) is 36.4 Å². The molecular weight excluding hydrogens is 322 g/mol. The number of rotatable bonds is 3. The van der Waals surface area contributed by atoms with Crippen LogP contribution in [0.2, 0.25) is 0 Å². The SMILES string of the molecule is CN(C)C(=O)n1ccc2cc(C3(Cc4ccccc4)CCNC3)ccc21. The van der Waals surface area contributed by atoms with Crippen molar-refractivity contribution in [1.82, 2.24) is 14.8 Å². The summed E-state index contributed by atoms with van der Waals surface area (Å²) >= 11 is 0. The maximum absolute atomic E-state index is 12.3. The second-order valence-corrected chi connectivity index (χ2v) is 7.51. The third-order valence-electron chi connectivity index (χ3n) is 5.52. The molecule has 2 aromatic carbocycles. The standard InChI is InChI=1S/C22H25N3O/c1-24(2)21(26)25-13-10-18-14-19(8-9-20(18)25)22(11-12-23-16-22)15-17-6-4-3-5-7-17/h3-10,13-14,23H,11-12,15-16H2,1-2H3. The molecule has 26 heavy (non-hydrogen) atoms. The lowest BCUT2D eigenvalue weighted by atomic mass is 9.74. The van der Waals surface area contributed by atoms with Gasteiger partial charge in [-0.2, -0.15) is 0 Å². The maximum Gasteiger partial charge on any atom is 0.328 e. The molecule has 1 unspecified atom stereocenters. The molecule has 0 saturated carbocycles. The number of fused-ring (bicyclic) bond motifs is 1. The number of hydrogen-bond donors (Lipinski definition) is 1. The van der Waals surface area contributed by atoms with Crippen LogP contribution in [-0.4, -0.2) is 42.7 Å². The summed E-state index contributed by atoms with van der Waals surface area (Å²) in [6, 6.07) is 19.3. The second-order valence-electron chi connectivity index (χ2n) is 7.51. The molecule has 1 fully saturated rings. The van der Waals surface area contributed by atoms with Gasteiger partial charge in [0, 0.05) is 37.6 Å². The fourth-order valence-electron chi connectivity index (χ4n) is 4.08. The molecule has 0 aliphatic carbocycles. The lowest BCUT2D eigenvalue weighted by molar-refractivity contribution is 0.220. The average molecular weight is 347 g/mol. The summed E-state index contributed by atoms with van der Waals surface area (Å²) in [6.07, 6.45) is 4.03. The maximum atomic E-state index is 12.3. The van der Waals surface area contributed by atoms with Gasteiger partial charge < -0.3 is 10.2 Å². The Bertz CT molecular complexity index is 921. The minimum absolute atomic E-state index is 0.0192. The average Bonchev–Trinajstić information content (AvgIpc) is 3.29. The fraction of sp³-hybridized carbons (Fsp3) is 0.318. The normalized spacial score (nSPS) is 19.8. The number of hydrogen-bond acceptors (Lipinski definition) is 2. The summed E-state index contributed by atoms with van der Waals surface area (Å²) in [6.45, 7) is 2.04. The first-order valence-corrected chi connectivity index (χ1v) is 9.17. The molecule has 134 valence electrons. The summed E-state index contributed by atoms with van der Waals surface area (Å²) < 4.78 is 1.72. The van der Waals surface area contributed by atoms with E-state index in [0.717, 1.165) is 36.8 Å². The lowest BCUT2D eigenvalue weighted by Crippen LogP contribution is -2.31. The highest BCUT2D eigenvalue weighted by atomic mass is 16.2. The molecular formula is C22H25N3O. The number of carbonyl (C=O) groups is 1. The highest BCUT2D eigenvalue weighted by Crippen LogP contribution is 2.36. The van der Waals surface area contributed by atoms with E-state index in [1.54, 1.807) is 23.6 Å². The van der Waals surface area contributed by atoms with Crippen molar-refractivity contribution in [2.45, 2.75) is 18.3 Å². The smallest absolute Gasteiger partial charge is 0.328 e. The summed E-state index contributed by atoms with van der Waals surface area (Å²) in [7, 11) is 3.56. The van der Waals surface area contributed by atoms with E-state index in [0.29, 0.717) is 0 Å².